The van der Waals surface area contributed by atoms with Crippen LogP contribution >= 0.6 is 0 Å². The Hall–Kier alpha value is -0.290. The summed E-state index contributed by atoms with van der Waals surface area (Å²) >= 11 is 0. The highest BCUT2D eigenvalue weighted by Gasteiger charge is 2.31. The highest BCUT2D eigenvalue weighted by Crippen LogP contribution is 2.22. The maximum atomic E-state index is 11.9. The van der Waals surface area contributed by atoms with Gasteiger partial charge in [0.1, 0.15) is 0 Å². The molecule has 0 aliphatic rings. The van der Waals surface area contributed by atoms with Gasteiger partial charge in [-0.25, -0.2) is 0 Å². The molecule has 0 saturated heterocycles. The fourth-order valence-corrected chi connectivity index (χ4v) is 1.31. The summed E-state index contributed by atoms with van der Waals surface area (Å²) in [5.41, 5.74) is 0. The summed E-state index contributed by atoms with van der Waals surface area (Å²) in [5.74, 6) is 0. The van der Waals surface area contributed by atoms with E-state index in [-0.39, 0.29) is 12.6 Å². The van der Waals surface area contributed by atoms with Gasteiger partial charge in [0.25, 0.3) is 0 Å². The molecular formula is C9H18F3NO. The molecule has 0 rings (SSSR count). The van der Waals surface area contributed by atoms with Crippen molar-refractivity contribution in [2.75, 3.05) is 13.1 Å². The van der Waals surface area contributed by atoms with E-state index >= 15 is 0 Å². The number of hydrogen-bond acceptors (Lipinski definition) is 2. The van der Waals surface area contributed by atoms with Crippen molar-refractivity contribution in [1.29, 1.82) is 0 Å². The summed E-state index contributed by atoms with van der Waals surface area (Å²) in [6, 6.07) is 0.155. The molecule has 1 unspecified atom stereocenters. The standard InChI is InChI=1S/C9H18F3NO/c1-4-13(7(2)3)6-8(14)5-9(10,11)12/h7-8,14H,4-6H2,1-3H3. The zero-order valence-electron chi connectivity index (χ0n) is 8.80. The van der Waals surface area contributed by atoms with Crippen LogP contribution in [-0.4, -0.2) is 41.4 Å². The highest BCUT2D eigenvalue weighted by molar-refractivity contribution is 4.69. The van der Waals surface area contributed by atoms with E-state index in [0.29, 0.717) is 6.54 Å². The normalized spacial score (nSPS) is 15.2. The fourth-order valence-electron chi connectivity index (χ4n) is 1.31. The van der Waals surface area contributed by atoms with Crippen molar-refractivity contribution in [1.82, 2.24) is 4.90 Å². The van der Waals surface area contributed by atoms with E-state index in [1.165, 1.54) is 0 Å². The number of nitrogens with zero attached hydrogens (tertiary/aromatic N) is 1. The molecule has 0 bridgehead atoms. The van der Waals surface area contributed by atoms with Crippen LogP contribution in [0.3, 0.4) is 0 Å². The predicted octanol–water partition coefficient (Wildman–Crippen LogP) is 2.03. The summed E-state index contributed by atoms with van der Waals surface area (Å²) in [5, 5.41) is 9.17. The summed E-state index contributed by atoms with van der Waals surface area (Å²) in [6.45, 7) is 6.37. The number of likely N-dealkylation sites (N-methyl/N-ethyl adjacent to an activating group) is 1. The van der Waals surface area contributed by atoms with Crippen LogP contribution in [0.2, 0.25) is 0 Å². The first-order valence-corrected chi connectivity index (χ1v) is 4.75. The predicted molar refractivity (Wildman–Crippen MR) is 49.1 cm³/mol. The molecule has 0 amide bonds. The topological polar surface area (TPSA) is 23.5 Å². The zero-order valence-corrected chi connectivity index (χ0v) is 8.80. The molecule has 1 N–H and O–H groups in total. The average Bonchev–Trinajstić information content (AvgIpc) is 1.96. The summed E-state index contributed by atoms with van der Waals surface area (Å²) in [4.78, 5) is 1.80. The Balaban J connectivity index is 3.97. The Morgan fingerprint density at radius 1 is 1.29 bits per heavy atom. The fraction of sp³-hybridized carbons (Fsp3) is 1.00. The van der Waals surface area contributed by atoms with Crippen molar-refractivity contribution in [3.63, 3.8) is 0 Å². The SMILES string of the molecule is CCN(CC(O)CC(F)(F)F)C(C)C. The maximum Gasteiger partial charge on any atom is 0.391 e. The lowest BCUT2D eigenvalue weighted by Crippen LogP contribution is -2.39. The van der Waals surface area contributed by atoms with Gasteiger partial charge in [-0.15, -0.1) is 0 Å². The van der Waals surface area contributed by atoms with Gasteiger partial charge in [-0.3, -0.25) is 4.90 Å². The van der Waals surface area contributed by atoms with E-state index in [1.807, 2.05) is 20.8 Å². The molecule has 0 aromatic carbocycles. The number of halogens is 3. The summed E-state index contributed by atoms with van der Waals surface area (Å²) < 4.78 is 35.6. The lowest BCUT2D eigenvalue weighted by atomic mass is 10.2. The molecule has 0 aliphatic heterocycles. The van der Waals surface area contributed by atoms with Crippen LogP contribution in [0.5, 0.6) is 0 Å². The number of alkyl halides is 3. The molecule has 0 fully saturated rings. The minimum absolute atomic E-state index is 0.0771. The van der Waals surface area contributed by atoms with Gasteiger partial charge in [-0.05, 0) is 20.4 Å². The van der Waals surface area contributed by atoms with Gasteiger partial charge in [-0.2, -0.15) is 13.2 Å². The van der Waals surface area contributed by atoms with Gasteiger partial charge in [-0.1, -0.05) is 6.92 Å². The largest absolute Gasteiger partial charge is 0.391 e. The minimum Gasteiger partial charge on any atom is -0.391 e. The van der Waals surface area contributed by atoms with E-state index in [9.17, 15) is 18.3 Å². The van der Waals surface area contributed by atoms with Gasteiger partial charge in [0, 0.05) is 12.6 Å². The molecule has 5 heteroatoms. The van der Waals surface area contributed by atoms with Crippen molar-refractivity contribution < 1.29 is 18.3 Å². The third kappa shape index (κ3) is 6.21. The summed E-state index contributed by atoms with van der Waals surface area (Å²) in [6.07, 6.45) is -6.73. The van der Waals surface area contributed by atoms with E-state index < -0.39 is 18.7 Å². The van der Waals surface area contributed by atoms with E-state index in [2.05, 4.69) is 0 Å². The van der Waals surface area contributed by atoms with Gasteiger partial charge in [0.2, 0.25) is 0 Å². The number of rotatable bonds is 5. The number of aliphatic hydroxyl groups excluding tert-OH is 1. The van der Waals surface area contributed by atoms with Crippen LogP contribution in [0.15, 0.2) is 0 Å². The molecule has 0 spiro atoms. The first kappa shape index (κ1) is 13.7. The molecular weight excluding hydrogens is 195 g/mol. The molecule has 0 aromatic heterocycles. The van der Waals surface area contributed by atoms with Crippen LogP contribution in [0.1, 0.15) is 27.2 Å². The van der Waals surface area contributed by atoms with E-state index in [0.717, 1.165) is 0 Å². The Morgan fingerprint density at radius 3 is 2.07 bits per heavy atom. The van der Waals surface area contributed by atoms with Crippen molar-refractivity contribution in [2.45, 2.75) is 45.5 Å². The first-order chi connectivity index (χ1) is 6.26. The Labute approximate surface area is 82.7 Å². The second-order valence-electron chi connectivity index (χ2n) is 3.65. The van der Waals surface area contributed by atoms with Gasteiger partial charge >= 0.3 is 6.18 Å². The Bertz CT molecular complexity index is 159. The second kappa shape index (κ2) is 5.56. The quantitative estimate of drug-likeness (QED) is 0.755. The number of hydrogen-bond donors (Lipinski definition) is 1. The zero-order chi connectivity index (χ0) is 11.4. The maximum absolute atomic E-state index is 11.9. The minimum atomic E-state index is -4.28. The average molecular weight is 213 g/mol. The van der Waals surface area contributed by atoms with Crippen molar-refractivity contribution >= 4 is 0 Å². The molecule has 0 saturated carbocycles. The Morgan fingerprint density at radius 2 is 1.79 bits per heavy atom. The molecule has 2 nitrogen and oxygen atoms in total. The lowest BCUT2D eigenvalue weighted by Gasteiger charge is -2.27. The third-order valence-electron chi connectivity index (χ3n) is 2.05. The van der Waals surface area contributed by atoms with Crippen LogP contribution in [0, 0.1) is 0 Å². The van der Waals surface area contributed by atoms with Crippen LogP contribution in [0.25, 0.3) is 0 Å². The van der Waals surface area contributed by atoms with Crippen molar-refractivity contribution in [3.8, 4) is 0 Å². The van der Waals surface area contributed by atoms with Gasteiger partial charge in [0.05, 0.1) is 12.5 Å². The molecule has 0 radical (unpaired) electrons. The van der Waals surface area contributed by atoms with Gasteiger partial charge in [0.15, 0.2) is 0 Å². The molecule has 0 heterocycles. The van der Waals surface area contributed by atoms with Crippen LogP contribution in [-0.2, 0) is 0 Å². The molecule has 0 aromatic rings. The second-order valence-corrected chi connectivity index (χ2v) is 3.65. The molecule has 86 valence electrons. The monoisotopic (exact) mass is 213 g/mol. The van der Waals surface area contributed by atoms with Crippen molar-refractivity contribution in [2.24, 2.45) is 0 Å². The van der Waals surface area contributed by atoms with Crippen molar-refractivity contribution in [3.05, 3.63) is 0 Å². The first-order valence-electron chi connectivity index (χ1n) is 4.75. The lowest BCUT2D eigenvalue weighted by molar-refractivity contribution is -0.155. The van der Waals surface area contributed by atoms with Crippen LogP contribution < -0.4 is 0 Å². The smallest absolute Gasteiger partial charge is 0.391 e. The van der Waals surface area contributed by atoms with E-state index in [4.69, 9.17) is 0 Å². The Kier molecular flexibility index (Phi) is 5.44. The molecule has 1 atom stereocenters. The van der Waals surface area contributed by atoms with Gasteiger partial charge < -0.3 is 5.11 Å². The molecule has 14 heavy (non-hydrogen) atoms. The molecule has 0 aliphatic carbocycles. The van der Waals surface area contributed by atoms with Crippen LogP contribution in [0.4, 0.5) is 13.2 Å². The summed E-state index contributed by atoms with van der Waals surface area (Å²) in [7, 11) is 0. The van der Waals surface area contributed by atoms with E-state index in [1.54, 1.807) is 4.90 Å². The number of aliphatic hydroxyl groups is 1. The highest BCUT2D eigenvalue weighted by atomic mass is 19.4. The third-order valence-corrected chi connectivity index (χ3v) is 2.05.